The quantitative estimate of drug-likeness (QED) is 0.465. The van der Waals surface area contributed by atoms with E-state index in [-0.39, 0.29) is 11.7 Å². The zero-order valence-electron chi connectivity index (χ0n) is 15.2. The molecule has 2 aromatic rings. The van der Waals surface area contributed by atoms with Crippen LogP contribution in [0.5, 0.6) is 0 Å². The van der Waals surface area contributed by atoms with E-state index >= 15 is 0 Å². The van der Waals surface area contributed by atoms with Crippen molar-refractivity contribution in [3.63, 3.8) is 0 Å². The normalized spacial score (nSPS) is 11.7. The van der Waals surface area contributed by atoms with Crippen LogP contribution < -0.4 is 10.6 Å². The number of ether oxygens (including phenoxy) is 1. The molecule has 1 aromatic heterocycles. The fourth-order valence-electron chi connectivity index (χ4n) is 2.30. The first-order valence-corrected chi connectivity index (χ1v) is 9.43. The number of esters is 1. The van der Waals surface area contributed by atoms with E-state index in [1.165, 1.54) is 12.3 Å². The SMILES string of the molecule is Cc1cc(I)ccc1NC(=O)COC(=O)[C@@H](NC(=O)c1ccco1)C(C)C. The molecule has 0 aliphatic rings. The summed E-state index contributed by atoms with van der Waals surface area (Å²) < 4.78 is 11.2. The van der Waals surface area contributed by atoms with Gasteiger partial charge in [0.1, 0.15) is 6.04 Å². The summed E-state index contributed by atoms with van der Waals surface area (Å²) in [7, 11) is 0. The van der Waals surface area contributed by atoms with Crippen LogP contribution in [0.1, 0.15) is 30.0 Å². The predicted octanol–water partition coefficient (Wildman–Crippen LogP) is 3.13. The summed E-state index contributed by atoms with van der Waals surface area (Å²) >= 11 is 2.18. The minimum Gasteiger partial charge on any atom is -0.459 e. The lowest BCUT2D eigenvalue weighted by Gasteiger charge is -2.20. The van der Waals surface area contributed by atoms with Crippen LogP contribution in [-0.4, -0.2) is 30.4 Å². The third-order valence-corrected chi connectivity index (χ3v) is 4.43. The Labute approximate surface area is 171 Å². The Morgan fingerprint density at radius 1 is 1.22 bits per heavy atom. The van der Waals surface area contributed by atoms with Gasteiger partial charge in [-0.05, 0) is 71.3 Å². The van der Waals surface area contributed by atoms with Gasteiger partial charge in [0.25, 0.3) is 11.8 Å². The molecular formula is C19H21IN2O5. The van der Waals surface area contributed by atoms with Crippen molar-refractivity contribution in [3.8, 4) is 0 Å². The first-order chi connectivity index (χ1) is 12.8. The Balaban J connectivity index is 1.91. The molecule has 1 aromatic carbocycles. The molecule has 1 atom stereocenters. The van der Waals surface area contributed by atoms with Gasteiger partial charge in [-0.25, -0.2) is 4.79 Å². The van der Waals surface area contributed by atoms with Gasteiger partial charge in [0.05, 0.1) is 6.26 Å². The van der Waals surface area contributed by atoms with E-state index in [0.717, 1.165) is 9.13 Å². The Bertz CT molecular complexity index is 818. The van der Waals surface area contributed by atoms with Crippen molar-refractivity contribution in [1.82, 2.24) is 5.32 Å². The summed E-state index contributed by atoms with van der Waals surface area (Å²) in [5, 5.41) is 5.27. The van der Waals surface area contributed by atoms with Crippen LogP contribution in [0, 0.1) is 16.4 Å². The number of halogens is 1. The number of aryl methyl sites for hydroxylation is 1. The molecule has 8 heteroatoms. The zero-order chi connectivity index (χ0) is 20.0. The van der Waals surface area contributed by atoms with Gasteiger partial charge in [-0.1, -0.05) is 13.8 Å². The molecule has 27 heavy (non-hydrogen) atoms. The molecule has 7 nitrogen and oxygen atoms in total. The first-order valence-electron chi connectivity index (χ1n) is 8.35. The van der Waals surface area contributed by atoms with E-state index in [0.29, 0.717) is 5.69 Å². The minimum atomic E-state index is -0.893. The van der Waals surface area contributed by atoms with Gasteiger partial charge in [-0.15, -0.1) is 0 Å². The van der Waals surface area contributed by atoms with E-state index in [9.17, 15) is 14.4 Å². The standard InChI is InChI=1S/C19H21IN2O5/c1-11(2)17(22-18(24)15-5-4-8-26-15)19(25)27-10-16(23)21-14-7-6-13(20)9-12(14)3/h4-9,11,17H,10H2,1-3H3,(H,21,23)(H,22,24)/t17-/m0/s1. The molecular weight excluding hydrogens is 463 g/mol. The summed E-state index contributed by atoms with van der Waals surface area (Å²) in [6, 6.07) is 7.77. The molecule has 2 rings (SSSR count). The number of hydrogen-bond donors (Lipinski definition) is 2. The lowest BCUT2D eigenvalue weighted by atomic mass is 10.0. The topological polar surface area (TPSA) is 97.6 Å². The highest BCUT2D eigenvalue weighted by molar-refractivity contribution is 14.1. The van der Waals surface area contributed by atoms with Gasteiger partial charge in [0, 0.05) is 9.26 Å². The van der Waals surface area contributed by atoms with Gasteiger partial charge in [-0.3, -0.25) is 9.59 Å². The average Bonchev–Trinajstić information content (AvgIpc) is 3.14. The highest BCUT2D eigenvalue weighted by Crippen LogP contribution is 2.17. The number of rotatable bonds is 7. The molecule has 0 fully saturated rings. The van der Waals surface area contributed by atoms with E-state index in [2.05, 4.69) is 33.2 Å². The molecule has 2 amide bonds. The average molecular weight is 484 g/mol. The second kappa shape index (κ2) is 9.54. The molecule has 0 unspecified atom stereocenters. The second-order valence-electron chi connectivity index (χ2n) is 6.29. The molecule has 0 saturated heterocycles. The van der Waals surface area contributed by atoms with Crippen LogP contribution in [0.2, 0.25) is 0 Å². The molecule has 0 aliphatic carbocycles. The Morgan fingerprint density at radius 2 is 1.96 bits per heavy atom. The molecule has 144 valence electrons. The van der Waals surface area contributed by atoms with Crippen LogP contribution >= 0.6 is 22.6 Å². The maximum absolute atomic E-state index is 12.3. The maximum Gasteiger partial charge on any atom is 0.329 e. The van der Waals surface area contributed by atoms with Crippen LogP contribution in [0.15, 0.2) is 41.0 Å². The lowest BCUT2D eigenvalue weighted by Crippen LogP contribution is -2.45. The van der Waals surface area contributed by atoms with Crippen molar-refractivity contribution >= 4 is 46.1 Å². The van der Waals surface area contributed by atoms with Gasteiger partial charge in [0.15, 0.2) is 12.4 Å². The van der Waals surface area contributed by atoms with Crippen molar-refractivity contribution in [3.05, 3.63) is 51.5 Å². The molecule has 0 aliphatic heterocycles. The van der Waals surface area contributed by atoms with Crippen LogP contribution in [0.4, 0.5) is 5.69 Å². The number of benzene rings is 1. The number of furan rings is 1. The minimum absolute atomic E-state index is 0.0976. The highest BCUT2D eigenvalue weighted by Gasteiger charge is 2.27. The maximum atomic E-state index is 12.3. The molecule has 1 heterocycles. The van der Waals surface area contributed by atoms with Crippen molar-refractivity contribution < 1.29 is 23.5 Å². The fourth-order valence-corrected chi connectivity index (χ4v) is 2.94. The fraction of sp³-hybridized carbons (Fsp3) is 0.316. The third-order valence-electron chi connectivity index (χ3n) is 3.76. The van der Waals surface area contributed by atoms with Gasteiger partial charge in [-0.2, -0.15) is 0 Å². The summed E-state index contributed by atoms with van der Waals surface area (Å²) in [6.07, 6.45) is 1.37. The smallest absolute Gasteiger partial charge is 0.329 e. The highest BCUT2D eigenvalue weighted by atomic mass is 127. The van der Waals surface area contributed by atoms with Crippen molar-refractivity contribution in [2.75, 3.05) is 11.9 Å². The summed E-state index contributed by atoms with van der Waals surface area (Å²) in [4.78, 5) is 36.4. The second-order valence-corrected chi connectivity index (χ2v) is 7.53. The van der Waals surface area contributed by atoms with Gasteiger partial charge >= 0.3 is 5.97 Å². The largest absolute Gasteiger partial charge is 0.459 e. The number of anilines is 1. The molecule has 0 saturated carbocycles. The molecule has 0 spiro atoms. The monoisotopic (exact) mass is 484 g/mol. The number of carbonyl (C=O) groups excluding carboxylic acids is 3. The van der Waals surface area contributed by atoms with Crippen LogP contribution in [0.25, 0.3) is 0 Å². The van der Waals surface area contributed by atoms with Gasteiger partial charge in [0.2, 0.25) is 0 Å². The third kappa shape index (κ3) is 6.09. The Morgan fingerprint density at radius 3 is 2.56 bits per heavy atom. The number of amides is 2. The predicted molar refractivity (Wildman–Crippen MR) is 108 cm³/mol. The number of hydrogen-bond acceptors (Lipinski definition) is 5. The van der Waals surface area contributed by atoms with Gasteiger partial charge < -0.3 is 19.8 Å². The summed E-state index contributed by atoms with van der Waals surface area (Å²) in [5.41, 5.74) is 1.57. The first kappa shape index (κ1) is 20.9. The summed E-state index contributed by atoms with van der Waals surface area (Å²) in [6.45, 7) is 4.97. The molecule has 0 radical (unpaired) electrons. The van der Waals surface area contributed by atoms with E-state index in [1.54, 1.807) is 26.0 Å². The summed E-state index contributed by atoms with van der Waals surface area (Å²) in [5.74, 6) is -1.78. The van der Waals surface area contributed by atoms with Crippen molar-refractivity contribution in [1.29, 1.82) is 0 Å². The number of nitrogens with one attached hydrogen (secondary N) is 2. The van der Waals surface area contributed by atoms with Crippen molar-refractivity contribution in [2.45, 2.75) is 26.8 Å². The van der Waals surface area contributed by atoms with E-state index in [4.69, 9.17) is 9.15 Å². The molecule has 2 N–H and O–H groups in total. The van der Waals surface area contributed by atoms with E-state index < -0.39 is 30.4 Å². The Hall–Kier alpha value is -2.36. The number of carbonyl (C=O) groups is 3. The van der Waals surface area contributed by atoms with Crippen LogP contribution in [0.3, 0.4) is 0 Å². The Kier molecular flexibility index (Phi) is 7.40. The molecule has 0 bridgehead atoms. The lowest BCUT2D eigenvalue weighted by molar-refractivity contribution is -0.150. The van der Waals surface area contributed by atoms with Crippen LogP contribution in [-0.2, 0) is 14.3 Å². The van der Waals surface area contributed by atoms with E-state index in [1.807, 2.05) is 19.1 Å². The van der Waals surface area contributed by atoms with Crippen molar-refractivity contribution in [2.24, 2.45) is 5.92 Å². The zero-order valence-corrected chi connectivity index (χ0v) is 17.4.